The van der Waals surface area contributed by atoms with Crippen molar-refractivity contribution in [1.82, 2.24) is 5.32 Å². The number of hydrogen-bond donors (Lipinski definition) is 2. The lowest BCUT2D eigenvalue weighted by Crippen LogP contribution is -2.37. The summed E-state index contributed by atoms with van der Waals surface area (Å²) in [7, 11) is 0. The van der Waals surface area contributed by atoms with E-state index >= 15 is 0 Å². The van der Waals surface area contributed by atoms with Crippen LogP contribution in [-0.4, -0.2) is 12.1 Å². The molecule has 17 heavy (non-hydrogen) atoms. The van der Waals surface area contributed by atoms with Crippen LogP contribution in [0.5, 0.6) is 0 Å². The second-order valence-corrected chi connectivity index (χ2v) is 4.73. The average Bonchev–Trinajstić information content (AvgIpc) is 2.30. The number of halogens is 2. The van der Waals surface area contributed by atoms with Crippen molar-refractivity contribution in [2.75, 3.05) is 0 Å². The van der Waals surface area contributed by atoms with Crippen molar-refractivity contribution in [1.29, 1.82) is 0 Å². The number of nitrogens with one attached hydrogen (secondary N) is 1. The standard InChI is InChI=1S/C13H18F2N2/c14-10-2-1-9(13(15)7-10)8-17-12-5-3-11(16)4-6-12/h1-2,7,11-12,17H,3-6,8,16H2. The molecule has 94 valence electrons. The molecular weight excluding hydrogens is 222 g/mol. The molecule has 1 aromatic carbocycles. The van der Waals surface area contributed by atoms with Crippen LogP contribution in [0.3, 0.4) is 0 Å². The molecule has 2 nitrogen and oxygen atoms in total. The molecule has 1 saturated carbocycles. The van der Waals surface area contributed by atoms with E-state index in [9.17, 15) is 8.78 Å². The summed E-state index contributed by atoms with van der Waals surface area (Å²) in [6, 6.07) is 4.42. The molecule has 1 aromatic rings. The number of nitrogens with two attached hydrogens (primary N) is 1. The average molecular weight is 240 g/mol. The van der Waals surface area contributed by atoms with Crippen LogP contribution in [-0.2, 0) is 6.54 Å². The molecule has 0 aliphatic heterocycles. The minimum atomic E-state index is -0.533. The van der Waals surface area contributed by atoms with E-state index in [0.717, 1.165) is 31.7 Å². The van der Waals surface area contributed by atoms with Crippen LogP contribution < -0.4 is 11.1 Å². The van der Waals surface area contributed by atoms with E-state index in [-0.39, 0.29) is 0 Å². The third-order valence-electron chi connectivity index (χ3n) is 3.37. The highest BCUT2D eigenvalue weighted by Crippen LogP contribution is 2.18. The molecule has 0 radical (unpaired) electrons. The molecule has 0 aromatic heterocycles. The lowest BCUT2D eigenvalue weighted by atomic mass is 9.92. The molecule has 0 spiro atoms. The van der Waals surface area contributed by atoms with Crippen LogP contribution in [0.1, 0.15) is 31.2 Å². The largest absolute Gasteiger partial charge is 0.328 e. The fraction of sp³-hybridized carbons (Fsp3) is 0.538. The summed E-state index contributed by atoms with van der Waals surface area (Å²) < 4.78 is 26.1. The summed E-state index contributed by atoms with van der Waals surface area (Å²) in [5.74, 6) is -1.01. The van der Waals surface area contributed by atoms with Gasteiger partial charge >= 0.3 is 0 Å². The second-order valence-electron chi connectivity index (χ2n) is 4.73. The van der Waals surface area contributed by atoms with Crippen LogP contribution >= 0.6 is 0 Å². The zero-order valence-electron chi connectivity index (χ0n) is 9.76. The fourth-order valence-corrected chi connectivity index (χ4v) is 2.24. The van der Waals surface area contributed by atoms with Crippen molar-refractivity contribution >= 4 is 0 Å². The quantitative estimate of drug-likeness (QED) is 0.851. The van der Waals surface area contributed by atoms with Gasteiger partial charge in [0, 0.05) is 30.3 Å². The maximum atomic E-state index is 13.4. The summed E-state index contributed by atoms with van der Waals surface area (Å²) in [6.45, 7) is 0.450. The Bertz CT molecular complexity index is 374. The van der Waals surface area contributed by atoms with Gasteiger partial charge in [-0.3, -0.25) is 0 Å². The molecule has 0 bridgehead atoms. The van der Waals surface area contributed by atoms with Gasteiger partial charge in [0.25, 0.3) is 0 Å². The van der Waals surface area contributed by atoms with Crippen LogP contribution in [0.25, 0.3) is 0 Å². The highest BCUT2D eigenvalue weighted by molar-refractivity contribution is 5.18. The van der Waals surface area contributed by atoms with Crippen molar-refractivity contribution in [2.45, 2.75) is 44.3 Å². The topological polar surface area (TPSA) is 38.0 Å². The molecule has 0 heterocycles. The smallest absolute Gasteiger partial charge is 0.130 e. The van der Waals surface area contributed by atoms with Gasteiger partial charge in [0.05, 0.1) is 0 Å². The van der Waals surface area contributed by atoms with Crippen molar-refractivity contribution in [3.8, 4) is 0 Å². The Labute approximate surface area is 100 Å². The van der Waals surface area contributed by atoms with Gasteiger partial charge in [-0.15, -0.1) is 0 Å². The summed E-state index contributed by atoms with van der Waals surface area (Å²) in [5.41, 5.74) is 6.33. The van der Waals surface area contributed by atoms with Gasteiger partial charge < -0.3 is 11.1 Å². The van der Waals surface area contributed by atoms with E-state index in [1.165, 1.54) is 12.1 Å². The summed E-state index contributed by atoms with van der Waals surface area (Å²) in [6.07, 6.45) is 4.10. The van der Waals surface area contributed by atoms with Crippen LogP contribution in [0.4, 0.5) is 8.78 Å². The fourth-order valence-electron chi connectivity index (χ4n) is 2.24. The molecule has 1 aliphatic rings. The first-order valence-electron chi connectivity index (χ1n) is 6.08. The maximum Gasteiger partial charge on any atom is 0.130 e. The minimum absolute atomic E-state index is 0.315. The molecular formula is C13H18F2N2. The Balaban J connectivity index is 1.85. The predicted octanol–water partition coefficient (Wildman–Crippen LogP) is 2.32. The van der Waals surface area contributed by atoms with E-state index in [1.54, 1.807) is 0 Å². The normalized spacial score (nSPS) is 24.9. The van der Waals surface area contributed by atoms with Gasteiger partial charge in [0.2, 0.25) is 0 Å². The third-order valence-corrected chi connectivity index (χ3v) is 3.37. The minimum Gasteiger partial charge on any atom is -0.328 e. The Morgan fingerprint density at radius 3 is 2.53 bits per heavy atom. The molecule has 4 heteroatoms. The zero-order chi connectivity index (χ0) is 12.3. The Morgan fingerprint density at radius 1 is 1.18 bits per heavy atom. The monoisotopic (exact) mass is 240 g/mol. The first-order chi connectivity index (χ1) is 8.15. The van der Waals surface area contributed by atoms with Gasteiger partial charge in [-0.2, -0.15) is 0 Å². The van der Waals surface area contributed by atoms with Crippen LogP contribution in [0.15, 0.2) is 18.2 Å². The molecule has 1 aliphatic carbocycles. The van der Waals surface area contributed by atoms with Crippen molar-refractivity contribution < 1.29 is 8.78 Å². The van der Waals surface area contributed by atoms with Crippen LogP contribution in [0, 0.1) is 11.6 Å². The molecule has 0 unspecified atom stereocenters. The van der Waals surface area contributed by atoms with Crippen molar-refractivity contribution in [3.63, 3.8) is 0 Å². The Morgan fingerprint density at radius 2 is 1.88 bits per heavy atom. The lowest BCUT2D eigenvalue weighted by molar-refractivity contribution is 0.340. The summed E-state index contributed by atoms with van der Waals surface area (Å²) in [5, 5.41) is 3.30. The predicted molar refractivity (Wildman–Crippen MR) is 63.4 cm³/mol. The van der Waals surface area contributed by atoms with Crippen molar-refractivity contribution in [3.05, 3.63) is 35.4 Å². The molecule has 3 N–H and O–H groups in total. The van der Waals surface area contributed by atoms with Gasteiger partial charge in [-0.05, 0) is 31.7 Å². The van der Waals surface area contributed by atoms with E-state index in [2.05, 4.69) is 5.32 Å². The van der Waals surface area contributed by atoms with Gasteiger partial charge in [-0.1, -0.05) is 6.07 Å². The van der Waals surface area contributed by atoms with E-state index < -0.39 is 11.6 Å². The molecule has 1 fully saturated rings. The molecule has 0 saturated heterocycles. The first-order valence-corrected chi connectivity index (χ1v) is 6.08. The van der Waals surface area contributed by atoms with E-state index in [4.69, 9.17) is 5.73 Å². The summed E-state index contributed by atoms with van der Waals surface area (Å²) >= 11 is 0. The van der Waals surface area contributed by atoms with Gasteiger partial charge in [0.1, 0.15) is 11.6 Å². The lowest BCUT2D eigenvalue weighted by Gasteiger charge is -2.27. The van der Waals surface area contributed by atoms with Crippen LogP contribution in [0.2, 0.25) is 0 Å². The highest BCUT2D eigenvalue weighted by atomic mass is 19.1. The van der Waals surface area contributed by atoms with Gasteiger partial charge in [0.15, 0.2) is 0 Å². The zero-order valence-corrected chi connectivity index (χ0v) is 9.76. The maximum absolute atomic E-state index is 13.4. The number of benzene rings is 1. The Hall–Kier alpha value is -1.00. The Kier molecular flexibility index (Phi) is 4.07. The molecule has 0 amide bonds. The van der Waals surface area contributed by atoms with Gasteiger partial charge in [-0.25, -0.2) is 8.78 Å². The summed E-state index contributed by atoms with van der Waals surface area (Å²) in [4.78, 5) is 0. The molecule has 0 atom stereocenters. The SMILES string of the molecule is NC1CCC(NCc2ccc(F)cc2F)CC1. The molecule has 2 rings (SSSR count). The number of hydrogen-bond acceptors (Lipinski definition) is 2. The van der Waals surface area contributed by atoms with E-state index in [1.807, 2.05) is 0 Å². The number of rotatable bonds is 3. The highest BCUT2D eigenvalue weighted by Gasteiger charge is 2.18. The third kappa shape index (κ3) is 3.48. The van der Waals surface area contributed by atoms with E-state index in [0.29, 0.717) is 24.2 Å². The van der Waals surface area contributed by atoms with Crippen molar-refractivity contribution in [2.24, 2.45) is 5.73 Å². The second kappa shape index (κ2) is 5.56. The first kappa shape index (κ1) is 12.5.